The molecular formula is C24H21N5O4S. The van der Waals surface area contributed by atoms with Crippen LogP contribution in [0.5, 0.6) is 17.2 Å². The third-order valence-corrected chi connectivity index (χ3v) is 5.66. The van der Waals surface area contributed by atoms with E-state index < -0.39 is 0 Å². The zero-order valence-corrected chi connectivity index (χ0v) is 18.9. The summed E-state index contributed by atoms with van der Waals surface area (Å²) in [4.78, 5) is 12.3. The fourth-order valence-corrected chi connectivity index (χ4v) is 3.81. The molecule has 1 amide bonds. The molecule has 0 bridgehead atoms. The van der Waals surface area contributed by atoms with Crippen LogP contribution in [-0.4, -0.2) is 50.0 Å². The number of aromatic nitrogens is 3. The normalized spacial score (nSPS) is 11.0. The number of rotatable bonds is 8. The molecule has 0 aliphatic carbocycles. The monoisotopic (exact) mass is 475 g/mol. The Hall–Kier alpha value is -4.31. The highest BCUT2D eigenvalue weighted by Gasteiger charge is 2.17. The first-order chi connectivity index (χ1) is 16.5. The summed E-state index contributed by atoms with van der Waals surface area (Å²) in [6.07, 6.45) is 1.37. The van der Waals surface area contributed by atoms with E-state index in [2.05, 4.69) is 20.7 Å². The Labute approximate surface area is 199 Å². The second-order valence-electron chi connectivity index (χ2n) is 7.04. The minimum absolute atomic E-state index is 0.0568. The molecule has 9 nitrogen and oxygen atoms in total. The highest BCUT2D eigenvalue weighted by molar-refractivity contribution is 7.99. The standard InChI is InChI=1S/C24H21N5O4S/c1-33-19-10-8-18(9-11-19)29-23(17-5-3-2-4-6-17)27-28-24(29)34-15-22(32)26-25-14-16-7-12-20(30)21(31)13-16/h2-14,30-31H,15H2,1H3,(H,26,32). The smallest absolute Gasteiger partial charge is 0.250 e. The number of nitrogens with zero attached hydrogens (tertiary/aromatic N) is 4. The van der Waals surface area contributed by atoms with E-state index in [9.17, 15) is 15.0 Å². The predicted octanol–water partition coefficient (Wildman–Crippen LogP) is 3.60. The zero-order valence-electron chi connectivity index (χ0n) is 18.1. The summed E-state index contributed by atoms with van der Waals surface area (Å²) in [6, 6.07) is 21.4. The molecule has 0 unspecified atom stereocenters. The lowest BCUT2D eigenvalue weighted by Gasteiger charge is -2.11. The number of amides is 1. The largest absolute Gasteiger partial charge is 0.504 e. The van der Waals surface area contributed by atoms with Gasteiger partial charge in [0.25, 0.3) is 5.91 Å². The van der Waals surface area contributed by atoms with Gasteiger partial charge in [0.2, 0.25) is 0 Å². The first-order valence-electron chi connectivity index (χ1n) is 10.2. The molecule has 0 spiro atoms. The molecule has 3 N–H and O–H groups in total. The van der Waals surface area contributed by atoms with E-state index in [1.165, 1.54) is 30.1 Å². The molecule has 0 aliphatic heterocycles. The summed E-state index contributed by atoms with van der Waals surface area (Å²) < 4.78 is 7.14. The SMILES string of the molecule is COc1ccc(-n2c(SCC(=O)NN=Cc3ccc(O)c(O)c3)nnc2-c2ccccc2)cc1. The Kier molecular flexibility index (Phi) is 7.09. The number of ether oxygens (including phenoxy) is 1. The van der Waals surface area contributed by atoms with Crippen LogP contribution >= 0.6 is 11.8 Å². The fraction of sp³-hybridized carbons (Fsp3) is 0.0833. The summed E-state index contributed by atoms with van der Waals surface area (Å²) in [5, 5.41) is 32.0. The van der Waals surface area contributed by atoms with Gasteiger partial charge in [-0.25, -0.2) is 5.43 Å². The van der Waals surface area contributed by atoms with Gasteiger partial charge in [-0.3, -0.25) is 9.36 Å². The molecule has 3 aromatic carbocycles. The van der Waals surface area contributed by atoms with Crippen LogP contribution in [0.3, 0.4) is 0 Å². The molecule has 0 saturated heterocycles. The maximum Gasteiger partial charge on any atom is 0.250 e. The van der Waals surface area contributed by atoms with E-state index in [4.69, 9.17) is 4.74 Å². The van der Waals surface area contributed by atoms with E-state index in [-0.39, 0.29) is 23.2 Å². The van der Waals surface area contributed by atoms with Crippen molar-refractivity contribution in [2.45, 2.75) is 5.16 Å². The number of hydrogen-bond donors (Lipinski definition) is 3. The van der Waals surface area contributed by atoms with Crippen LogP contribution in [0, 0.1) is 0 Å². The quantitative estimate of drug-likeness (QED) is 0.154. The Bertz CT molecular complexity index is 1310. The van der Waals surface area contributed by atoms with Crippen molar-refractivity contribution in [3.05, 3.63) is 78.4 Å². The fourth-order valence-electron chi connectivity index (χ4n) is 3.06. The van der Waals surface area contributed by atoms with Gasteiger partial charge in [0.15, 0.2) is 22.5 Å². The summed E-state index contributed by atoms with van der Waals surface area (Å²) in [5.74, 6) is 0.604. The Balaban J connectivity index is 1.49. The molecule has 10 heteroatoms. The number of carbonyl (C=O) groups excluding carboxylic acids is 1. The molecule has 0 atom stereocenters. The Morgan fingerprint density at radius 3 is 2.53 bits per heavy atom. The topological polar surface area (TPSA) is 122 Å². The zero-order chi connectivity index (χ0) is 23.9. The number of phenolic OH excluding ortho intramolecular Hbond substituents is 2. The number of nitrogens with one attached hydrogen (secondary N) is 1. The van der Waals surface area contributed by atoms with E-state index >= 15 is 0 Å². The van der Waals surface area contributed by atoms with Crippen molar-refractivity contribution in [2.24, 2.45) is 5.10 Å². The van der Waals surface area contributed by atoms with Crippen molar-refractivity contribution in [3.8, 4) is 34.3 Å². The highest BCUT2D eigenvalue weighted by atomic mass is 32.2. The minimum Gasteiger partial charge on any atom is -0.504 e. The number of hydrazone groups is 1. The van der Waals surface area contributed by atoms with Crippen LogP contribution in [0.25, 0.3) is 17.1 Å². The number of aromatic hydroxyl groups is 2. The Morgan fingerprint density at radius 1 is 1.06 bits per heavy atom. The van der Waals surface area contributed by atoms with Crippen molar-refractivity contribution in [3.63, 3.8) is 0 Å². The molecule has 1 heterocycles. The lowest BCUT2D eigenvalue weighted by Crippen LogP contribution is -2.20. The molecule has 0 aliphatic rings. The molecular weight excluding hydrogens is 454 g/mol. The van der Waals surface area contributed by atoms with Crippen LogP contribution < -0.4 is 10.2 Å². The van der Waals surface area contributed by atoms with Gasteiger partial charge in [0, 0.05) is 11.3 Å². The second-order valence-corrected chi connectivity index (χ2v) is 7.98. The molecule has 1 aromatic heterocycles. The Morgan fingerprint density at radius 2 is 1.82 bits per heavy atom. The summed E-state index contributed by atoms with van der Waals surface area (Å²) >= 11 is 1.23. The lowest BCUT2D eigenvalue weighted by molar-refractivity contribution is -0.118. The van der Waals surface area contributed by atoms with Gasteiger partial charge in [-0.2, -0.15) is 5.10 Å². The third kappa shape index (κ3) is 5.36. The maximum atomic E-state index is 12.3. The van der Waals surface area contributed by atoms with Crippen LogP contribution in [0.1, 0.15) is 5.56 Å². The van der Waals surface area contributed by atoms with Crippen molar-refractivity contribution in [1.82, 2.24) is 20.2 Å². The summed E-state index contributed by atoms with van der Waals surface area (Å²) in [6.45, 7) is 0. The first-order valence-corrected chi connectivity index (χ1v) is 11.2. The van der Waals surface area contributed by atoms with E-state index in [1.54, 1.807) is 13.2 Å². The number of thioether (sulfide) groups is 1. The molecule has 172 valence electrons. The van der Waals surface area contributed by atoms with Gasteiger partial charge >= 0.3 is 0 Å². The number of hydrogen-bond acceptors (Lipinski definition) is 8. The summed E-state index contributed by atoms with van der Waals surface area (Å²) in [5.41, 5.74) is 4.69. The van der Waals surface area contributed by atoms with Crippen molar-refractivity contribution >= 4 is 23.9 Å². The molecule has 0 radical (unpaired) electrons. The predicted molar refractivity (Wildman–Crippen MR) is 130 cm³/mol. The number of phenols is 2. The van der Waals surface area contributed by atoms with Crippen LogP contribution in [0.2, 0.25) is 0 Å². The van der Waals surface area contributed by atoms with E-state index in [1.807, 2.05) is 59.2 Å². The van der Waals surface area contributed by atoms with Gasteiger partial charge in [-0.15, -0.1) is 10.2 Å². The number of benzene rings is 3. The number of carbonyl (C=O) groups is 1. The average molecular weight is 476 g/mol. The molecule has 0 fully saturated rings. The lowest BCUT2D eigenvalue weighted by atomic mass is 10.2. The third-order valence-electron chi connectivity index (χ3n) is 4.73. The second kappa shape index (κ2) is 10.5. The summed E-state index contributed by atoms with van der Waals surface area (Å²) in [7, 11) is 1.61. The van der Waals surface area contributed by atoms with Crippen molar-refractivity contribution < 1.29 is 19.7 Å². The minimum atomic E-state index is -0.338. The molecule has 34 heavy (non-hydrogen) atoms. The van der Waals surface area contributed by atoms with Gasteiger partial charge in [-0.1, -0.05) is 42.1 Å². The van der Waals surface area contributed by atoms with Gasteiger partial charge in [0.05, 0.1) is 19.1 Å². The highest BCUT2D eigenvalue weighted by Crippen LogP contribution is 2.29. The van der Waals surface area contributed by atoms with E-state index in [0.29, 0.717) is 16.5 Å². The first kappa shape index (κ1) is 22.9. The van der Waals surface area contributed by atoms with Crippen molar-refractivity contribution in [2.75, 3.05) is 12.9 Å². The number of methoxy groups -OCH3 is 1. The average Bonchev–Trinajstić information content (AvgIpc) is 3.29. The molecule has 4 aromatic rings. The van der Waals surface area contributed by atoms with Gasteiger partial charge < -0.3 is 14.9 Å². The van der Waals surface area contributed by atoms with Gasteiger partial charge in [-0.05, 0) is 48.0 Å². The van der Waals surface area contributed by atoms with Crippen LogP contribution in [0.15, 0.2) is 83.1 Å². The molecule has 4 rings (SSSR count). The van der Waals surface area contributed by atoms with Crippen LogP contribution in [-0.2, 0) is 4.79 Å². The maximum absolute atomic E-state index is 12.3. The van der Waals surface area contributed by atoms with Crippen LogP contribution in [0.4, 0.5) is 0 Å². The van der Waals surface area contributed by atoms with Gasteiger partial charge in [0.1, 0.15) is 5.75 Å². The van der Waals surface area contributed by atoms with E-state index in [0.717, 1.165) is 17.0 Å². The molecule has 0 saturated carbocycles. The van der Waals surface area contributed by atoms with Crippen molar-refractivity contribution in [1.29, 1.82) is 0 Å².